The Balaban J connectivity index is 1.35. The molecule has 0 bridgehead atoms. The Morgan fingerprint density at radius 3 is 2.85 bits per heavy atom. The number of nitriles is 2. The fourth-order valence-electron chi connectivity index (χ4n) is 7.78. The molecule has 0 radical (unpaired) electrons. The van der Waals surface area contributed by atoms with Crippen molar-refractivity contribution in [2.75, 3.05) is 43.5 Å². The highest BCUT2D eigenvalue weighted by atomic mass is 35.5. The van der Waals surface area contributed by atoms with E-state index in [4.69, 9.17) is 31.8 Å². The Labute approximate surface area is 270 Å². The minimum atomic E-state index is -0.957. The van der Waals surface area contributed by atoms with Crippen LogP contribution in [-0.2, 0) is 0 Å². The van der Waals surface area contributed by atoms with Crippen LogP contribution >= 0.6 is 22.9 Å². The lowest BCUT2D eigenvalue weighted by Gasteiger charge is -2.37. The summed E-state index contributed by atoms with van der Waals surface area (Å²) in [5.74, 6) is -1.23. The number of nitrogens with two attached hydrogens (primary N) is 1. The predicted octanol–water partition coefficient (Wildman–Crippen LogP) is 6.35. The maximum Gasteiger partial charge on any atom is 0.319 e. The maximum atomic E-state index is 17.1. The largest absolute Gasteiger partial charge is 0.489 e. The lowest BCUT2D eigenvalue weighted by Crippen LogP contribution is -2.46. The van der Waals surface area contributed by atoms with Gasteiger partial charge in [0.2, 0.25) is 0 Å². The number of thiophene rings is 1. The van der Waals surface area contributed by atoms with Crippen molar-refractivity contribution in [3.8, 4) is 35.0 Å². The van der Waals surface area contributed by atoms with Gasteiger partial charge in [-0.05, 0) is 43.9 Å². The fraction of sp³-hybridized carbons (Fsp3) is 0.438. The van der Waals surface area contributed by atoms with Gasteiger partial charge in [0.25, 0.3) is 0 Å². The highest BCUT2D eigenvalue weighted by molar-refractivity contribution is 7.23. The summed E-state index contributed by atoms with van der Waals surface area (Å²) >= 11 is 7.89. The topological polar surface area (TPSA) is 124 Å². The first-order chi connectivity index (χ1) is 22.2. The van der Waals surface area contributed by atoms with Gasteiger partial charge in [0, 0.05) is 30.5 Å². The molecule has 6 heterocycles. The lowest BCUT2D eigenvalue weighted by atomic mass is 9.93. The first-order valence-electron chi connectivity index (χ1n) is 15.2. The second-order valence-electron chi connectivity index (χ2n) is 12.5. The molecule has 4 aliphatic heterocycles. The number of rotatable bonds is 4. The van der Waals surface area contributed by atoms with Crippen molar-refractivity contribution >= 4 is 54.7 Å². The predicted molar refractivity (Wildman–Crippen MR) is 168 cm³/mol. The van der Waals surface area contributed by atoms with E-state index in [2.05, 4.69) is 16.0 Å². The molecule has 46 heavy (non-hydrogen) atoms. The standard InChI is InChI=1S/C32H27ClF3N7O2S/c33-24-22(18-4-5-20(35)28-21(18)19(10-38)29(39)46-28)25(36)26-23-27(24)44-13-17-3-2-15(9-37)11-43(17)30(23)41-31(40-26)45-14-32-6-1-7-42(32)12-16(34)8-32/h4-5,15-17H,1-3,6-8,11-14,39H2/t15?,16-,17?,32?/m1/s1. The Morgan fingerprint density at radius 1 is 1.20 bits per heavy atom. The van der Waals surface area contributed by atoms with E-state index >= 15 is 4.39 Å². The van der Waals surface area contributed by atoms with Crippen LogP contribution in [0.4, 0.5) is 24.0 Å². The number of fused-ring (bicyclic) bond motifs is 4. The van der Waals surface area contributed by atoms with Gasteiger partial charge in [0.05, 0.1) is 44.2 Å². The molecule has 4 aromatic rings. The van der Waals surface area contributed by atoms with E-state index in [0.29, 0.717) is 38.2 Å². The monoisotopic (exact) mass is 665 g/mol. The van der Waals surface area contributed by atoms with Crippen molar-refractivity contribution in [3.05, 3.63) is 34.4 Å². The van der Waals surface area contributed by atoms with Gasteiger partial charge in [-0.15, -0.1) is 11.3 Å². The van der Waals surface area contributed by atoms with E-state index in [9.17, 15) is 19.3 Å². The number of hydrogen-bond acceptors (Lipinski definition) is 10. The summed E-state index contributed by atoms with van der Waals surface area (Å²) in [6.07, 6.45) is 2.37. The summed E-state index contributed by atoms with van der Waals surface area (Å²) in [6.45, 7) is 1.79. The molecular formula is C32H27ClF3N7O2S. The minimum Gasteiger partial charge on any atom is -0.489 e. The number of nitrogen functional groups attached to an aromatic ring is 1. The molecule has 3 saturated heterocycles. The Morgan fingerprint density at radius 2 is 2.04 bits per heavy atom. The van der Waals surface area contributed by atoms with Crippen LogP contribution in [0.15, 0.2) is 12.1 Å². The summed E-state index contributed by atoms with van der Waals surface area (Å²) < 4.78 is 59.1. The van der Waals surface area contributed by atoms with Gasteiger partial charge in [-0.3, -0.25) is 4.90 Å². The number of aromatic nitrogens is 2. The van der Waals surface area contributed by atoms with Crippen LogP contribution in [0.2, 0.25) is 5.02 Å². The number of benzene rings is 2. The smallest absolute Gasteiger partial charge is 0.319 e. The van der Waals surface area contributed by atoms with E-state index in [1.165, 1.54) is 12.1 Å². The van der Waals surface area contributed by atoms with Crippen LogP contribution in [0.5, 0.6) is 11.8 Å². The number of hydrogen-bond donors (Lipinski definition) is 1. The third-order valence-corrected chi connectivity index (χ3v) is 11.3. The van der Waals surface area contributed by atoms with Crippen LogP contribution < -0.4 is 20.1 Å². The Kier molecular flexibility index (Phi) is 6.87. The fourth-order valence-corrected chi connectivity index (χ4v) is 9.06. The van der Waals surface area contributed by atoms with Gasteiger partial charge in [-0.2, -0.15) is 20.5 Å². The van der Waals surface area contributed by atoms with Crippen molar-refractivity contribution in [1.82, 2.24) is 14.9 Å². The van der Waals surface area contributed by atoms with Crippen LogP contribution in [0.25, 0.3) is 32.1 Å². The van der Waals surface area contributed by atoms with Crippen molar-refractivity contribution in [2.45, 2.75) is 49.9 Å². The second kappa shape index (κ2) is 10.8. The summed E-state index contributed by atoms with van der Waals surface area (Å²) in [6, 6.07) is 6.64. The molecule has 2 aromatic carbocycles. The van der Waals surface area contributed by atoms with E-state index in [0.717, 1.165) is 30.7 Å². The molecule has 0 spiro atoms. The zero-order valence-corrected chi connectivity index (χ0v) is 26.0. The summed E-state index contributed by atoms with van der Waals surface area (Å²) in [5.41, 5.74) is 5.52. The molecule has 2 N–H and O–H groups in total. The maximum absolute atomic E-state index is 17.1. The van der Waals surface area contributed by atoms with Crippen molar-refractivity contribution in [1.29, 1.82) is 10.5 Å². The molecule has 9 nitrogen and oxygen atoms in total. The molecule has 2 aromatic heterocycles. The van der Waals surface area contributed by atoms with Crippen LogP contribution in [0, 0.1) is 40.2 Å². The Bertz CT molecular complexity index is 2030. The summed E-state index contributed by atoms with van der Waals surface area (Å²) in [4.78, 5) is 13.4. The molecule has 0 amide bonds. The minimum absolute atomic E-state index is 0.0204. The highest BCUT2D eigenvalue weighted by Gasteiger charge is 2.49. The van der Waals surface area contributed by atoms with Crippen LogP contribution in [-0.4, -0.2) is 65.5 Å². The van der Waals surface area contributed by atoms with Gasteiger partial charge in [-0.25, -0.2) is 13.2 Å². The van der Waals surface area contributed by atoms with E-state index in [-0.39, 0.29) is 84.6 Å². The van der Waals surface area contributed by atoms with Gasteiger partial charge in [-0.1, -0.05) is 17.7 Å². The van der Waals surface area contributed by atoms with Crippen LogP contribution in [0.3, 0.4) is 0 Å². The van der Waals surface area contributed by atoms with E-state index < -0.39 is 23.3 Å². The molecule has 4 atom stereocenters. The van der Waals surface area contributed by atoms with E-state index in [1.807, 2.05) is 11.0 Å². The number of alkyl halides is 1. The highest BCUT2D eigenvalue weighted by Crippen LogP contribution is 2.52. The average molecular weight is 666 g/mol. The lowest BCUT2D eigenvalue weighted by molar-refractivity contribution is 0.107. The third kappa shape index (κ3) is 4.29. The third-order valence-electron chi connectivity index (χ3n) is 9.95. The molecular weight excluding hydrogens is 639 g/mol. The molecule has 14 heteroatoms. The Hall–Kier alpha value is -4.04. The molecule has 0 aliphatic carbocycles. The van der Waals surface area contributed by atoms with Gasteiger partial charge < -0.3 is 20.1 Å². The van der Waals surface area contributed by atoms with E-state index in [1.54, 1.807) is 0 Å². The van der Waals surface area contributed by atoms with Crippen molar-refractivity contribution in [3.63, 3.8) is 0 Å². The average Bonchev–Trinajstić information content (AvgIpc) is 3.66. The van der Waals surface area contributed by atoms with Gasteiger partial charge >= 0.3 is 6.01 Å². The summed E-state index contributed by atoms with van der Waals surface area (Å²) in [7, 11) is 0. The van der Waals surface area contributed by atoms with Crippen LogP contribution in [0.1, 0.15) is 37.7 Å². The SMILES string of the molecule is N#Cc1c(N)sc2c(F)ccc(-c3c(Cl)c4c5c(nc(OCC67CCCN6C[C@H](F)C7)nc5c3F)N3CC(C#N)CCC3CO4)c12. The number of nitrogens with zero attached hydrogens (tertiary/aromatic N) is 6. The number of piperidine rings is 1. The number of halogens is 4. The molecule has 236 valence electrons. The van der Waals surface area contributed by atoms with Gasteiger partial charge in [0.1, 0.15) is 47.6 Å². The molecule has 4 aliphatic rings. The molecule has 8 rings (SSSR count). The van der Waals surface area contributed by atoms with Crippen molar-refractivity contribution in [2.24, 2.45) is 5.92 Å². The molecule has 3 unspecified atom stereocenters. The molecule has 3 fully saturated rings. The number of ether oxygens (including phenoxy) is 2. The second-order valence-corrected chi connectivity index (χ2v) is 14.0. The number of anilines is 2. The quantitative estimate of drug-likeness (QED) is 0.265. The molecule has 0 saturated carbocycles. The first-order valence-corrected chi connectivity index (χ1v) is 16.4. The first kappa shape index (κ1) is 29.4. The normalized spacial score (nSPS) is 25.5. The zero-order chi connectivity index (χ0) is 31.9. The van der Waals surface area contributed by atoms with Crippen molar-refractivity contribution < 1.29 is 22.6 Å². The zero-order valence-electron chi connectivity index (χ0n) is 24.5. The summed E-state index contributed by atoms with van der Waals surface area (Å²) in [5, 5.41) is 20.1. The van der Waals surface area contributed by atoms with Gasteiger partial charge in [0.15, 0.2) is 11.6 Å².